The van der Waals surface area contributed by atoms with Crippen molar-refractivity contribution in [1.29, 1.82) is 0 Å². The highest BCUT2D eigenvalue weighted by atomic mass is 31.2. The molecule has 2 aromatic carbocycles. The average Bonchev–Trinajstić information content (AvgIpc) is 2.67. The third kappa shape index (κ3) is 4.69. The average molecular weight is 328 g/mol. The second-order valence-electron chi connectivity index (χ2n) is 5.70. The van der Waals surface area contributed by atoms with Crippen LogP contribution in [0.15, 0.2) is 72.0 Å². The van der Waals surface area contributed by atoms with E-state index in [0.29, 0.717) is 17.0 Å². The Kier molecular flexibility index (Phi) is 5.79. The minimum atomic E-state index is -3.19. The first-order chi connectivity index (χ1) is 12.1. The van der Waals surface area contributed by atoms with E-state index in [-0.39, 0.29) is 12.7 Å². The van der Waals surface area contributed by atoms with Gasteiger partial charge in [0.05, 0.1) is 1.37 Å². The van der Waals surface area contributed by atoms with Crippen molar-refractivity contribution in [2.24, 2.45) is 0 Å². The lowest BCUT2D eigenvalue weighted by atomic mass is 10.1. The molecule has 2 rings (SSSR count). The lowest BCUT2D eigenvalue weighted by Gasteiger charge is -2.17. The second kappa shape index (κ2) is 8.89. The Morgan fingerprint density at radius 2 is 1.61 bits per heavy atom. The van der Waals surface area contributed by atoms with Crippen molar-refractivity contribution in [1.82, 2.24) is 0 Å². The molecule has 122 valence electrons. The Hall–Kier alpha value is -1.59. The number of benzene rings is 2. The summed E-state index contributed by atoms with van der Waals surface area (Å²) >= 11 is 0. The van der Waals surface area contributed by atoms with Gasteiger partial charge in [0.1, 0.15) is 0 Å². The van der Waals surface area contributed by atoms with Crippen LogP contribution in [-0.2, 0) is 4.57 Å². The van der Waals surface area contributed by atoms with Crippen molar-refractivity contribution in [3.8, 4) is 0 Å². The van der Waals surface area contributed by atoms with E-state index < -0.39 is 7.14 Å². The summed E-state index contributed by atoms with van der Waals surface area (Å²) in [6, 6.07) is 18.7. The number of hydrogen-bond acceptors (Lipinski definition) is 1. The van der Waals surface area contributed by atoms with Crippen molar-refractivity contribution in [2.45, 2.75) is 45.9 Å². The maximum absolute atomic E-state index is 14.2. The third-order valence-electron chi connectivity index (χ3n) is 3.94. The van der Waals surface area contributed by atoms with Crippen molar-refractivity contribution in [3.05, 3.63) is 72.0 Å². The number of rotatable bonds is 8. The molecule has 0 aliphatic carbocycles. The Morgan fingerprint density at radius 3 is 2.09 bits per heavy atom. The topological polar surface area (TPSA) is 17.1 Å². The molecule has 23 heavy (non-hydrogen) atoms. The largest absolute Gasteiger partial charge is 0.309 e. The number of hydrogen-bond donors (Lipinski definition) is 0. The van der Waals surface area contributed by atoms with Crippen LogP contribution in [0, 0.1) is 0 Å². The predicted molar refractivity (Wildman–Crippen MR) is 102 cm³/mol. The van der Waals surface area contributed by atoms with Crippen molar-refractivity contribution in [2.75, 3.05) is 0 Å². The first-order valence-electron chi connectivity index (χ1n) is 9.55. The molecule has 2 aromatic rings. The molecule has 0 aromatic heterocycles. The molecule has 0 aliphatic rings. The Labute approximate surface area is 143 Å². The predicted octanol–water partition coefficient (Wildman–Crippen LogP) is 5.87. The van der Waals surface area contributed by atoms with E-state index in [2.05, 4.69) is 6.92 Å². The van der Waals surface area contributed by atoms with Crippen molar-refractivity contribution >= 4 is 17.8 Å². The fraction of sp³-hybridized carbons (Fsp3) is 0.333. The van der Waals surface area contributed by atoms with Gasteiger partial charge in [-0.05, 0) is 25.1 Å². The van der Waals surface area contributed by atoms with Gasteiger partial charge < -0.3 is 4.57 Å². The SMILES string of the molecule is [2H]CC/C(CCCCC)=C(\[2H])P(=O)(c1ccccc1)c1ccccc1. The van der Waals surface area contributed by atoms with E-state index in [4.69, 9.17) is 2.74 Å². The van der Waals surface area contributed by atoms with Crippen LogP contribution in [0.4, 0.5) is 0 Å². The summed E-state index contributed by atoms with van der Waals surface area (Å²) in [7, 11) is -3.19. The van der Waals surface area contributed by atoms with Crippen LogP contribution in [0.2, 0.25) is 0 Å². The first-order valence-corrected chi connectivity index (χ1v) is 10.0. The second-order valence-corrected chi connectivity index (χ2v) is 8.18. The van der Waals surface area contributed by atoms with Crippen LogP contribution in [0.1, 0.15) is 48.7 Å². The fourth-order valence-electron chi connectivity index (χ4n) is 2.60. The van der Waals surface area contributed by atoms with Gasteiger partial charge in [-0.1, -0.05) is 92.9 Å². The summed E-state index contributed by atoms with van der Waals surface area (Å²) in [6.07, 6.45) is 4.46. The lowest BCUT2D eigenvalue weighted by molar-refractivity contribution is 0.591. The molecule has 0 aliphatic heterocycles. The maximum atomic E-state index is 14.2. The van der Waals surface area contributed by atoms with Gasteiger partial charge in [0.15, 0.2) is 7.14 Å². The molecule has 0 unspecified atom stereocenters. The molecule has 0 N–H and O–H groups in total. The molecule has 2 heteroatoms. The van der Waals surface area contributed by atoms with Gasteiger partial charge in [-0.3, -0.25) is 0 Å². The Balaban J connectivity index is 2.57. The van der Waals surface area contributed by atoms with Gasteiger partial charge in [0, 0.05) is 12.0 Å². The summed E-state index contributed by atoms with van der Waals surface area (Å²) in [5.74, 6) is 0.230. The molecule has 1 nitrogen and oxygen atoms in total. The van der Waals surface area contributed by atoms with Crippen LogP contribution in [-0.4, -0.2) is 0 Å². The molecule has 0 fully saturated rings. The van der Waals surface area contributed by atoms with Gasteiger partial charge >= 0.3 is 0 Å². The van der Waals surface area contributed by atoms with Crippen molar-refractivity contribution in [3.63, 3.8) is 0 Å². The molecular formula is C21H27OP. The van der Waals surface area contributed by atoms with Crippen LogP contribution in [0.25, 0.3) is 0 Å². The summed E-state index contributed by atoms with van der Waals surface area (Å²) in [6.45, 7) is 2.38. The zero-order valence-corrected chi connectivity index (χ0v) is 14.8. The summed E-state index contributed by atoms with van der Waals surface area (Å²) in [5, 5.41) is 1.40. The molecule has 0 bridgehead atoms. The first kappa shape index (κ1) is 15.0. The van der Waals surface area contributed by atoms with Gasteiger partial charge in [-0.2, -0.15) is 0 Å². The monoisotopic (exact) mass is 328 g/mol. The zero-order valence-electron chi connectivity index (χ0n) is 15.9. The van der Waals surface area contributed by atoms with E-state index in [1.807, 2.05) is 60.7 Å². The third-order valence-corrected chi connectivity index (χ3v) is 6.62. The Bertz CT molecular complexity index is 683. The van der Waals surface area contributed by atoms with Gasteiger partial charge in [0.2, 0.25) is 0 Å². The van der Waals surface area contributed by atoms with Gasteiger partial charge in [-0.25, -0.2) is 0 Å². The highest BCUT2D eigenvalue weighted by Gasteiger charge is 2.24. The number of allylic oxidation sites excluding steroid dienone is 1. The molecule has 0 saturated carbocycles. The fourth-order valence-corrected chi connectivity index (χ4v) is 5.01. The van der Waals surface area contributed by atoms with E-state index in [9.17, 15) is 4.57 Å². The molecule has 0 atom stereocenters. The molecule has 0 radical (unpaired) electrons. The van der Waals surface area contributed by atoms with Crippen LogP contribution in [0.5, 0.6) is 0 Å². The molecular weight excluding hydrogens is 299 g/mol. The number of unbranched alkanes of at least 4 members (excludes halogenated alkanes) is 2. The highest BCUT2D eigenvalue weighted by Crippen LogP contribution is 2.46. The van der Waals surface area contributed by atoms with Gasteiger partial charge in [-0.15, -0.1) is 0 Å². The minimum Gasteiger partial charge on any atom is -0.309 e. The van der Waals surface area contributed by atoms with E-state index in [1.165, 1.54) is 0 Å². The molecule has 0 heterocycles. The van der Waals surface area contributed by atoms with E-state index >= 15 is 0 Å². The maximum Gasteiger partial charge on any atom is 0.164 e. The summed E-state index contributed by atoms with van der Waals surface area (Å²) in [4.78, 5) is 0. The minimum absolute atomic E-state index is 0.230. The molecule has 0 amide bonds. The summed E-state index contributed by atoms with van der Waals surface area (Å²) in [5.41, 5.74) is 0.875. The zero-order chi connectivity index (χ0) is 18.1. The highest BCUT2D eigenvalue weighted by molar-refractivity contribution is 7.81. The van der Waals surface area contributed by atoms with E-state index in [0.717, 1.165) is 31.3 Å². The Morgan fingerprint density at radius 1 is 1.04 bits per heavy atom. The molecule has 0 spiro atoms. The standard InChI is InChI=1S/C21H27OP/c1-3-5-8-13-19(4-2)18-23(22,20-14-9-6-10-15-20)21-16-11-7-12-17-21/h6-7,9-12,14-18H,3-5,8,13H2,1-2H3/b19-18-/i2D,18D. The quantitative estimate of drug-likeness (QED) is 0.437. The summed E-state index contributed by atoms with van der Waals surface area (Å²) < 4.78 is 30.6. The lowest BCUT2D eigenvalue weighted by Crippen LogP contribution is -2.14. The normalized spacial score (nSPS) is 14.0. The van der Waals surface area contributed by atoms with Crippen LogP contribution in [0.3, 0.4) is 0 Å². The van der Waals surface area contributed by atoms with Crippen molar-refractivity contribution < 1.29 is 7.31 Å². The molecule has 0 saturated heterocycles. The van der Waals surface area contributed by atoms with Gasteiger partial charge in [0.25, 0.3) is 0 Å². The smallest absolute Gasteiger partial charge is 0.164 e. The van der Waals surface area contributed by atoms with Crippen LogP contribution < -0.4 is 10.6 Å². The van der Waals surface area contributed by atoms with E-state index in [1.54, 1.807) is 0 Å². The van der Waals surface area contributed by atoms with Crippen LogP contribution >= 0.6 is 7.14 Å².